The topological polar surface area (TPSA) is 77.2 Å². The fraction of sp³-hybridized carbons (Fsp3) is 0.500. The molecule has 94 valence electrons. The lowest BCUT2D eigenvalue weighted by atomic mass is 10.2. The van der Waals surface area contributed by atoms with Gasteiger partial charge in [-0.25, -0.2) is 4.79 Å². The summed E-state index contributed by atoms with van der Waals surface area (Å²) < 4.78 is 5.17. The number of hydrogen-bond acceptors (Lipinski definition) is 4. The predicted octanol–water partition coefficient (Wildman–Crippen LogP) is 1.93. The van der Waals surface area contributed by atoms with E-state index in [1.165, 1.54) is 0 Å². The average molecular weight is 237 g/mol. The van der Waals surface area contributed by atoms with Crippen LogP contribution < -0.4 is 11.1 Å². The number of rotatable bonds is 3. The van der Waals surface area contributed by atoms with Crippen molar-refractivity contribution >= 4 is 11.8 Å². The van der Waals surface area contributed by atoms with Gasteiger partial charge in [-0.3, -0.25) is 10.3 Å². The van der Waals surface area contributed by atoms with Gasteiger partial charge in [-0.2, -0.15) is 0 Å². The lowest BCUT2D eigenvalue weighted by Gasteiger charge is -2.20. The Balaban J connectivity index is 2.71. The van der Waals surface area contributed by atoms with Crippen molar-refractivity contribution < 1.29 is 9.53 Å². The van der Waals surface area contributed by atoms with Gasteiger partial charge in [0.1, 0.15) is 5.60 Å². The minimum absolute atomic E-state index is 0.483. The number of aromatic nitrogens is 1. The summed E-state index contributed by atoms with van der Waals surface area (Å²) >= 11 is 0. The van der Waals surface area contributed by atoms with Crippen molar-refractivity contribution in [3.05, 3.63) is 24.0 Å². The number of hydrogen-bond donors (Lipinski definition) is 2. The minimum Gasteiger partial charge on any atom is -0.444 e. The van der Waals surface area contributed by atoms with Crippen LogP contribution in [-0.2, 0) is 11.2 Å². The van der Waals surface area contributed by atoms with Gasteiger partial charge in [0.05, 0.1) is 11.4 Å². The van der Waals surface area contributed by atoms with Gasteiger partial charge in [0.25, 0.3) is 0 Å². The van der Waals surface area contributed by atoms with Gasteiger partial charge < -0.3 is 10.5 Å². The Labute approximate surface area is 101 Å². The first kappa shape index (κ1) is 13.4. The minimum atomic E-state index is -0.514. The molecule has 5 nitrogen and oxygen atoms in total. The first-order valence-electron chi connectivity index (χ1n) is 5.56. The summed E-state index contributed by atoms with van der Waals surface area (Å²) in [7, 11) is 0. The van der Waals surface area contributed by atoms with Crippen LogP contribution in [0.25, 0.3) is 0 Å². The Morgan fingerprint density at radius 2 is 2.24 bits per heavy atom. The van der Waals surface area contributed by atoms with Gasteiger partial charge in [-0.05, 0) is 39.4 Å². The molecular formula is C12H19N3O2. The SMILES string of the molecule is CC(C)(C)OC(=O)Nc1cccnc1CCN. The van der Waals surface area contributed by atoms with E-state index >= 15 is 0 Å². The Hall–Kier alpha value is -1.62. The second kappa shape index (κ2) is 5.63. The van der Waals surface area contributed by atoms with Crippen LogP contribution in [0.15, 0.2) is 18.3 Å². The Morgan fingerprint density at radius 1 is 1.53 bits per heavy atom. The number of nitrogens with one attached hydrogen (secondary N) is 1. The number of ether oxygens (including phenoxy) is 1. The van der Waals surface area contributed by atoms with Crippen molar-refractivity contribution in [2.24, 2.45) is 5.73 Å². The van der Waals surface area contributed by atoms with Crippen LogP contribution in [0, 0.1) is 0 Å². The summed E-state index contributed by atoms with van der Waals surface area (Å²) in [6.07, 6.45) is 1.81. The molecule has 1 heterocycles. The maximum Gasteiger partial charge on any atom is 0.412 e. The number of carbonyl (C=O) groups is 1. The zero-order valence-corrected chi connectivity index (χ0v) is 10.5. The van der Waals surface area contributed by atoms with Gasteiger partial charge in [0, 0.05) is 12.6 Å². The fourth-order valence-corrected chi connectivity index (χ4v) is 1.30. The smallest absolute Gasteiger partial charge is 0.412 e. The molecule has 0 bridgehead atoms. The summed E-state index contributed by atoms with van der Waals surface area (Å²) in [5, 5.41) is 2.67. The molecule has 3 N–H and O–H groups in total. The second-order valence-electron chi connectivity index (χ2n) is 4.66. The Morgan fingerprint density at radius 3 is 2.82 bits per heavy atom. The van der Waals surface area contributed by atoms with E-state index in [2.05, 4.69) is 10.3 Å². The summed E-state index contributed by atoms with van der Waals surface area (Å²) in [5.74, 6) is 0. The van der Waals surface area contributed by atoms with Crippen LogP contribution in [0.4, 0.5) is 10.5 Å². The molecule has 0 aromatic carbocycles. The number of nitrogens with two attached hydrogens (primary N) is 1. The van der Waals surface area contributed by atoms with E-state index in [0.717, 1.165) is 5.69 Å². The van der Waals surface area contributed by atoms with E-state index in [1.54, 1.807) is 18.3 Å². The molecule has 0 spiro atoms. The number of anilines is 1. The van der Waals surface area contributed by atoms with E-state index in [9.17, 15) is 4.79 Å². The van der Waals surface area contributed by atoms with Crippen LogP contribution in [0.2, 0.25) is 0 Å². The molecule has 0 saturated heterocycles. The molecule has 1 rings (SSSR count). The van der Waals surface area contributed by atoms with E-state index in [-0.39, 0.29) is 0 Å². The molecule has 17 heavy (non-hydrogen) atoms. The van der Waals surface area contributed by atoms with Gasteiger partial charge in [0.2, 0.25) is 0 Å². The highest BCUT2D eigenvalue weighted by molar-refractivity contribution is 5.85. The third-order valence-corrected chi connectivity index (χ3v) is 1.91. The number of pyridine rings is 1. The largest absolute Gasteiger partial charge is 0.444 e. The lowest BCUT2D eigenvalue weighted by molar-refractivity contribution is 0.0635. The fourth-order valence-electron chi connectivity index (χ4n) is 1.30. The van der Waals surface area contributed by atoms with Crippen LogP contribution in [0.1, 0.15) is 26.5 Å². The third-order valence-electron chi connectivity index (χ3n) is 1.91. The van der Waals surface area contributed by atoms with E-state index in [1.807, 2.05) is 20.8 Å². The molecule has 0 saturated carbocycles. The maximum atomic E-state index is 11.6. The highest BCUT2D eigenvalue weighted by Gasteiger charge is 2.17. The molecule has 1 aromatic rings. The van der Waals surface area contributed by atoms with Crippen LogP contribution in [-0.4, -0.2) is 23.2 Å². The molecule has 0 aliphatic rings. The second-order valence-corrected chi connectivity index (χ2v) is 4.66. The Bertz CT molecular complexity index is 386. The van der Waals surface area contributed by atoms with Gasteiger partial charge >= 0.3 is 6.09 Å². The summed E-state index contributed by atoms with van der Waals surface area (Å²) in [4.78, 5) is 15.8. The average Bonchev–Trinajstić information content (AvgIpc) is 2.18. The van der Waals surface area contributed by atoms with Gasteiger partial charge in [-0.1, -0.05) is 0 Å². The molecule has 1 aromatic heterocycles. The van der Waals surface area contributed by atoms with Crippen LogP contribution in [0.3, 0.4) is 0 Å². The van der Waals surface area contributed by atoms with Crippen molar-refractivity contribution in [1.29, 1.82) is 0 Å². The first-order chi connectivity index (χ1) is 7.92. The molecule has 0 atom stereocenters. The van der Waals surface area contributed by atoms with E-state index < -0.39 is 11.7 Å². The molecule has 0 aliphatic heterocycles. The zero-order valence-electron chi connectivity index (χ0n) is 10.5. The summed E-state index contributed by atoms with van der Waals surface area (Å²) in [6.45, 7) is 5.93. The monoisotopic (exact) mass is 237 g/mol. The molecule has 0 aliphatic carbocycles. The summed E-state index contributed by atoms with van der Waals surface area (Å²) in [6, 6.07) is 3.54. The van der Waals surface area contributed by atoms with Crippen molar-refractivity contribution in [3.8, 4) is 0 Å². The molecule has 0 fully saturated rings. The van der Waals surface area contributed by atoms with Crippen LogP contribution >= 0.6 is 0 Å². The highest BCUT2D eigenvalue weighted by Crippen LogP contribution is 2.14. The predicted molar refractivity (Wildman–Crippen MR) is 66.9 cm³/mol. The zero-order chi connectivity index (χ0) is 12.9. The van der Waals surface area contributed by atoms with Crippen molar-refractivity contribution in [2.75, 3.05) is 11.9 Å². The Kier molecular flexibility index (Phi) is 4.45. The lowest BCUT2D eigenvalue weighted by Crippen LogP contribution is -2.27. The molecule has 1 amide bonds. The van der Waals surface area contributed by atoms with Crippen molar-refractivity contribution in [1.82, 2.24) is 4.98 Å². The normalized spacial score (nSPS) is 11.1. The summed E-state index contributed by atoms with van der Waals surface area (Å²) in [5.41, 5.74) is 6.37. The molecular weight excluding hydrogens is 218 g/mol. The maximum absolute atomic E-state index is 11.6. The van der Waals surface area contributed by atoms with E-state index in [4.69, 9.17) is 10.5 Å². The van der Waals surface area contributed by atoms with Crippen molar-refractivity contribution in [3.63, 3.8) is 0 Å². The van der Waals surface area contributed by atoms with Crippen LogP contribution in [0.5, 0.6) is 0 Å². The van der Waals surface area contributed by atoms with Gasteiger partial charge in [0.15, 0.2) is 0 Å². The molecule has 0 unspecified atom stereocenters. The third kappa shape index (κ3) is 4.82. The quantitative estimate of drug-likeness (QED) is 0.842. The number of amides is 1. The number of carbonyl (C=O) groups excluding carboxylic acids is 1. The molecule has 5 heteroatoms. The van der Waals surface area contributed by atoms with Gasteiger partial charge in [-0.15, -0.1) is 0 Å². The molecule has 0 radical (unpaired) electrons. The number of nitrogens with zero attached hydrogens (tertiary/aromatic N) is 1. The standard InChI is InChI=1S/C12H19N3O2/c1-12(2,3)17-11(16)15-10-5-4-8-14-9(10)6-7-13/h4-5,8H,6-7,13H2,1-3H3,(H,15,16). The highest BCUT2D eigenvalue weighted by atomic mass is 16.6. The van der Waals surface area contributed by atoms with E-state index in [0.29, 0.717) is 18.7 Å². The van der Waals surface area contributed by atoms with Crippen molar-refractivity contribution in [2.45, 2.75) is 32.8 Å². The first-order valence-corrected chi connectivity index (χ1v) is 5.56.